The van der Waals surface area contributed by atoms with Crippen molar-refractivity contribution in [2.75, 3.05) is 13.2 Å². The second kappa shape index (κ2) is 64.4. The molecule has 0 aliphatic carbocycles. The molecule has 1 N–H and O–H groups in total. The van der Waals surface area contributed by atoms with Gasteiger partial charge in [-0.1, -0.05) is 324 Å². The lowest BCUT2D eigenvalue weighted by Gasteiger charge is -2.15. The van der Waals surface area contributed by atoms with E-state index in [2.05, 4.69) is 98.9 Å². The second-order valence-corrected chi connectivity index (χ2v) is 21.5. The molecule has 0 spiro atoms. The van der Waals surface area contributed by atoms with Crippen molar-refractivity contribution in [3.05, 3.63) is 85.1 Å². The molecule has 5 nitrogen and oxygen atoms in total. The predicted molar refractivity (Wildman–Crippen MR) is 325 cm³/mol. The third-order valence-corrected chi connectivity index (χ3v) is 14.2. The number of hydrogen-bond donors (Lipinski definition) is 1. The highest BCUT2D eigenvalue weighted by atomic mass is 16.6. The first-order valence-corrected chi connectivity index (χ1v) is 32.1. The van der Waals surface area contributed by atoms with Crippen LogP contribution in [0.3, 0.4) is 0 Å². The number of esters is 2. The Bertz CT molecular complexity index is 1350. The minimum Gasteiger partial charge on any atom is -0.462 e. The van der Waals surface area contributed by atoms with Crippen molar-refractivity contribution in [3.63, 3.8) is 0 Å². The summed E-state index contributed by atoms with van der Waals surface area (Å²) in [6.07, 6.45) is 90.2. The molecule has 0 saturated carbocycles. The van der Waals surface area contributed by atoms with Crippen LogP contribution in [0.25, 0.3) is 0 Å². The van der Waals surface area contributed by atoms with Crippen molar-refractivity contribution >= 4 is 11.9 Å². The van der Waals surface area contributed by atoms with Gasteiger partial charge in [-0.2, -0.15) is 0 Å². The van der Waals surface area contributed by atoms with Crippen molar-refractivity contribution in [1.29, 1.82) is 0 Å². The average molecular weight is 1030 g/mol. The Morgan fingerprint density at radius 3 is 0.878 bits per heavy atom. The number of hydrogen-bond acceptors (Lipinski definition) is 5. The van der Waals surface area contributed by atoms with Crippen LogP contribution in [0.5, 0.6) is 0 Å². The maximum absolute atomic E-state index is 12.3. The van der Waals surface area contributed by atoms with Crippen LogP contribution in [-0.4, -0.2) is 36.4 Å². The van der Waals surface area contributed by atoms with Gasteiger partial charge in [-0.05, 0) is 70.6 Å². The Labute approximate surface area is 460 Å². The lowest BCUT2D eigenvalue weighted by Crippen LogP contribution is -2.28. The zero-order valence-corrected chi connectivity index (χ0v) is 49.1. The minimum absolute atomic E-state index is 0.0633. The Balaban J connectivity index is 3.46. The van der Waals surface area contributed by atoms with Gasteiger partial charge < -0.3 is 14.6 Å². The van der Waals surface area contributed by atoms with Gasteiger partial charge in [0.25, 0.3) is 0 Å². The number of carbonyl (C=O) groups excluding carboxylic acids is 2. The zero-order chi connectivity index (χ0) is 53.4. The Morgan fingerprint density at radius 2 is 0.581 bits per heavy atom. The number of ether oxygens (including phenoxy) is 2. The van der Waals surface area contributed by atoms with Gasteiger partial charge in [0.05, 0.1) is 6.61 Å². The van der Waals surface area contributed by atoms with Gasteiger partial charge in [-0.25, -0.2) is 0 Å². The molecule has 0 aliphatic heterocycles. The summed E-state index contributed by atoms with van der Waals surface area (Å²) in [5.74, 6) is -0.576. The monoisotopic (exact) mass is 1030 g/mol. The summed E-state index contributed by atoms with van der Waals surface area (Å²) in [7, 11) is 0. The van der Waals surface area contributed by atoms with Crippen LogP contribution < -0.4 is 0 Å². The second-order valence-electron chi connectivity index (χ2n) is 21.5. The molecule has 0 heterocycles. The maximum Gasteiger partial charge on any atom is 0.306 e. The number of unbranched alkanes of at least 4 members (excludes halogenated alkanes) is 37. The number of allylic oxidation sites excluding steroid dienone is 14. The van der Waals surface area contributed by atoms with Crippen LogP contribution in [0.2, 0.25) is 0 Å². The summed E-state index contributed by atoms with van der Waals surface area (Å²) >= 11 is 0. The third-order valence-electron chi connectivity index (χ3n) is 14.2. The molecule has 1 unspecified atom stereocenters. The fraction of sp³-hybridized carbons (Fsp3) is 0.768. The smallest absolute Gasteiger partial charge is 0.306 e. The fourth-order valence-corrected chi connectivity index (χ4v) is 9.42. The van der Waals surface area contributed by atoms with Gasteiger partial charge >= 0.3 is 11.9 Å². The minimum atomic E-state index is -0.774. The summed E-state index contributed by atoms with van der Waals surface area (Å²) in [6.45, 7) is 4.07. The molecule has 0 saturated heterocycles. The van der Waals surface area contributed by atoms with E-state index in [4.69, 9.17) is 9.47 Å². The predicted octanol–water partition coefficient (Wildman–Crippen LogP) is 22.1. The first kappa shape index (κ1) is 71.1. The van der Waals surface area contributed by atoms with Crippen molar-refractivity contribution in [2.24, 2.45) is 0 Å². The lowest BCUT2D eigenvalue weighted by molar-refractivity contribution is -0.161. The molecule has 0 aliphatic rings. The highest BCUT2D eigenvalue weighted by Crippen LogP contribution is 2.18. The van der Waals surface area contributed by atoms with E-state index in [9.17, 15) is 14.7 Å². The Kier molecular flexibility index (Phi) is 61.8. The number of aliphatic hydroxyl groups excluding tert-OH is 1. The Morgan fingerprint density at radius 1 is 0.324 bits per heavy atom. The van der Waals surface area contributed by atoms with E-state index in [1.807, 2.05) is 0 Å². The normalized spacial score (nSPS) is 12.7. The van der Waals surface area contributed by atoms with Crippen molar-refractivity contribution in [2.45, 2.75) is 328 Å². The van der Waals surface area contributed by atoms with Crippen LogP contribution in [0.1, 0.15) is 322 Å². The topological polar surface area (TPSA) is 72.8 Å². The molecule has 5 heteroatoms. The Hall–Kier alpha value is -2.92. The standard InChI is InChI=1S/C69H122O5/c1-3-5-7-9-11-13-15-17-19-21-23-25-27-28-29-30-31-32-33-34-35-36-37-38-39-40-42-44-46-48-50-52-54-56-58-60-62-64-69(72)74-67(65-70)66-73-68(71)63-61-59-57-55-53-51-49-47-45-43-41-26-24-22-20-18-16-14-12-10-8-6-4-2/h5,7,11,13,17,19,23,25,28-29,31-32,34-35,67,70H,3-4,6,8-10,12,14-16,18,20-22,24,26-27,30,33,36-66H2,1-2H3/b7-5-,13-11-,19-17-,25-23-,29-28-,32-31-,35-34-. The molecule has 0 aromatic carbocycles. The quantitative estimate of drug-likeness (QED) is 0.0373. The van der Waals surface area contributed by atoms with Crippen molar-refractivity contribution in [3.8, 4) is 0 Å². The van der Waals surface area contributed by atoms with Gasteiger partial charge in [0.15, 0.2) is 6.10 Å². The number of rotatable bonds is 59. The zero-order valence-electron chi connectivity index (χ0n) is 49.1. The largest absolute Gasteiger partial charge is 0.462 e. The van der Waals surface area contributed by atoms with Crippen molar-refractivity contribution < 1.29 is 24.2 Å². The average Bonchev–Trinajstić information content (AvgIpc) is 3.40. The van der Waals surface area contributed by atoms with E-state index < -0.39 is 6.10 Å². The van der Waals surface area contributed by atoms with E-state index in [1.54, 1.807) is 0 Å². The molecule has 0 fully saturated rings. The van der Waals surface area contributed by atoms with Gasteiger partial charge in [0.2, 0.25) is 0 Å². The first-order chi connectivity index (χ1) is 36.6. The van der Waals surface area contributed by atoms with Crippen LogP contribution in [0, 0.1) is 0 Å². The molecule has 0 bridgehead atoms. The number of carbonyl (C=O) groups is 2. The maximum atomic E-state index is 12.3. The summed E-state index contributed by atoms with van der Waals surface area (Å²) in [5.41, 5.74) is 0. The molecule has 0 radical (unpaired) electrons. The first-order valence-electron chi connectivity index (χ1n) is 32.1. The molecule has 74 heavy (non-hydrogen) atoms. The highest BCUT2D eigenvalue weighted by molar-refractivity contribution is 5.70. The summed E-state index contributed by atoms with van der Waals surface area (Å²) in [5, 5.41) is 9.68. The lowest BCUT2D eigenvalue weighted by atomic mass is 10.0. The van der Waals surface area contributed by atoms with Gasteiger partial charge in [0, 0.05) is 12.8 Å². The van der Waals surface area contributed by atoms with E-state index >= 15 is 0 Å². The van der Waals surface area contributed by atoms with E-state index in [1.165, 1.54) is 212 Å². The third kappa shape index (κ3) is 61.6. The summed E-state index contributed by atoms with van der Waals surface area (Å²) < 4.78 is 10.7. The summed E-state index contributed by atoms with van der Waals surface area (Å²) in [4.78, 5) is 24.6. The van der Waals surface area contributed by atoms with E-state index in [0.717, 1.165) is 83.5 Å². The number of aliphatic hydroxyl groups is 1. The van der Waals surface area contributed by atoms with Crippen LogP contribution in [0.4, 0.5) is 0 Å². The molecule has 428 valence electrons. The molecule has 0 rings (SSSR count). The SMILES string of the molecule is CC/C=C\C/C=C\C/C=C\C/C=C\C/C=C\C/C=C\C/C=C\CCCCCCCCCCCCCCCCCC(=O)OC(CO)COC(=O)CCCCCCCCCCCCCCCCCCCCCCCCC. The van der Waals surface area contributed by atoms with Crippen LogP contribution in [0.15, 0.2) is 85.1 Å². The van der Waals surface area contributed by atoms with E-state index in [0.29, 0.717) is 12.8 Å². The fourth-order valence-electron chi connectivity index (χ4n) is 9.42. The van der Waals surface area contributed by atoms with Crippen LogP contribution >= 0.6 is 0 Å². The summed E-state index contributed by atoms with van der Waals surface area (Å²) in [6, 6.07) is 0. The van der Waals surface area contributed by atoms with Gasteiger partial charge in [0.1, 0.15) is 6.61 Å². The van der Waals surface area contributed by atoms with Crippen molar-refractivity contribution in [1.82, 2.24) is 0 Å². The molecule has 0 amide bonds. The highest BCUT2D eigenvalue weighted by Gasteiger charge is 2.16. The molecule has 0 aromatic rings. The van der Waals surface area contributed by atoms with Gasteiger partial charge in [-0.3, -0.25) is 9.59 Å². The molecule has 1 atom stereocenters. The molecule has 0 aromatic heterocycles. The molecular formula is C69H122O5. The van der Waals surface area contributed by atoms with Crippen LogP contribution in [-0.2, 0) is 19.1 Å². The van der Waals surface area contributed by atoms with Gasteiger partial charge in [-0.15, -0.1) is 0 Å². The molecular weight excluding hydrogens is 909 g/mol. The van der Waals surface area contributed by atoms with E-state index in [-0.39, 0.29) is 25.2 Å².